The number of nitrogens with one attached hydrogen (secondary N) is 1. The standard InChI is InChI=1S/C23H20F3N3O3/c24-17-2-1-14(8-18(17)25)29-21-7-13-11-27-28-20(13)10-15(21)16(9-19(26)23(30)31)22(29)12-3-5-32-6-4-12/h1-2,7-8,10-12,19H,3-6,9H2,(H,27,28)(H,30,31)/t19-/m1/s1. The summed E-state index contributed by atoms with van der Waals surface area (Å²) in [6, 6.07) is 7.27. The van der Waals surface area contributed by atoms with Crippen molar-refractivity contribution in [1.82, 2.24) is 14.8 Å². The van der Waals surface area contributed by atoms with Crippen LogP contribution in [0.4, 0.5) is 13.2 Å². The number of aromatic nitrogens is 3. The molecule has 0 saturated carbocycles. The van der Waals surface area contributed by atoms with Gasteiger partial charge in [-0.05, 0) is 42.7 Å². The second-order valence-corrected chi connectivity index (χ2v) is 8.02. The van der Waals surface area contributed by atoms with Crippen LogP contribution >= 0.6 is 0 Å². The highest BCUT2D eigenvalue weighted by molar-refractivity contribution is 5.99. The molecule has 3 heterocycles. The van der Waals surface area contributed by atoms with Crippen molar-refractivity contribution in [2.75, 3.05) is 13.2 Å². The molecular formula is C23H20F3N3O3. The third-order valence-corrected chi connectivity index (χ3v) is 6.09. The van der Waals surface area contributed by atoms with E-state index in [4.69, 9.17) is 4.74 Å². The molecule has 2 aromatic heterocycles. The van der Waals surface area contributed by atoms with E-state index in [-0.39, 0.29) is 12.3 Å². The highest BCUT2D eigenvalue weighted by atomic mass is 19.2. The van der Waals surface area contributed by atoms with Gasteiger partial charge in [-0.15, -0.1) is 0 Å². The first-order valence-corrected chi connectivity index (χ1v) is 10.3. The lowest BCUT2D eigenvalue weighted by atomic mass is 9.90. The molecule has 166 valence electrons. The van der Waals surface area contributed by atoms with Gasteiger partial charge in [0.25, 0.3) is 0 Å². The van der Waals surface area contributed by atoms with Crippen LogP contribution in [-0.2, 0) is 16.0 Å². The smallest absolute Gasteiger partial charge is 0.338 e. The Hall–Kier alpha value is -3.33. The van der Waals surface area contributed by atoms with Crippen molar-refractivity contribution in [3.8, 4) is 5.69 Å². The van der Waals surface area contributed by atoms with Gasteiger partial charge in [0, 0.05) is 53.8 Å². The largest absolute Gasteiger partial charge is 0.479 e. The normalized spacial score (nSPS) is 16.1. The van der Waals surface area contributed by atoms with Crippen molar-refractivity contribution >= 4 is 27.8 Å². The zero-order chi connectivity index (χ0) is 22.4. The monoisotopic (exact) mass is 443 g/mol. The maximum absolute atomic E-state index is 14.5. The number of rotatable bonds is 5. The number of ether oxygens (including phenoxy) is 1. The third-order valence-electron chi connectivity index (χ3n) is 6.09. The number of H-pyrrole nitrogens is 1. The van der Waals surface area contributed by atoms with Crippen LogP contribution in [-0.4, -0.2) is 45.2 Å². The van der Waals surface area contributed by atoms with Gasteiger partial charge in [-0.3, -0.25) is 5.10 Å². The average molecular weight is 443 g/mol. The van der Waals surface area contributed by atoms with Crippen LogP contribution in [0.3, 0.4) is 0 Å². The van der Waals surface area contributed by atoms with E-state index in [1.54, 1.807) is 16.8 Å². The molecule has 1 atom stereocenters. The highest BCUT2D eigenvalue weighted by Gasteiger charge is 2.30. The van der Waals surface area contributed by atoms with E-state index in [9.17, 15) is 23.1 Å². The fourth-order valence-corrected chi connectivity index (χ4v) is 4.59. The van der Waals surface area contributed by atoms with E-state index in [1.807, 2.05) is 6.07 Å². The van der Waals surface area contributed by atoms with Gasteiger partial charge < -0.3 is 14.4 Å². The van der Waals surface area contributed by atoms with E-state index < -0.39 is 23.8 Å². The predicted molar refractivity (Wildman–Crippen MR) is 112 cm³/mol. The summed E-state index contributed by atoms with van der Waals surface area (Å²) in [5.41, 5.74) is 3.00. The lowest BCUT2D eigenvalue weighted by Crippen LogP contribution is -2.21. The van der Waals surface area contributed by atoms with Crippen molar-refractivity contribution in [2.45, 2.75) is 31.4 Å². The molecule has 0 bridgehead atoms. The molecule has 2 aromatic carbocycles. The Morgan fingerprint density at radius 2 is 2.00 bits per heavy atom. The number of alkyl halides is 1. The molecule has 1 saturated heterocycles. The molecule has 9 heteroatoms. The summed E-state index contributed by atoms with van der Waals surface area (Å²) in [7, 11) is 0. The van der Waals surface area contributed by atoms with Gasteiger partial charge in [0.1, 0.15) is 0 Å². The van der Waals surface area contributed by atoms with Crippen molar-refractivity contribution in [2.24, 2.45) is 0 Å². The summed E-state index contributed by atoms with van der Waals surface area (Å²) < 4.78 is 49.7. The summed E-state index contributed by atoms with van der Waals surface area (Å²) >= 11 is 0. The lowest BCUT2D eigenvalue weighted by molar-refractivity contribution is -0.142. The molecule has 0 unspecified atom stereocenters. The van der Waals surface area contributed by atoms with Crippen LogP contribution in [0.5, 0.6) is 0 Å². The Bertz CT molecular complexity index is 1320. The lowest BCUT2D eigenvalue weighted by Gasteiger charge is -2.26. The average Bonchev–Trinajstić information content (AvgIpc) is 3.37. The van der Waals surface area contributed by atoms with Gasteiger partial charge in [0.15, 0.2) is 11.6 Å². The van der Waals surface area contributed by atoms with E-state index in [0.29, 0.717) is 59.4 Å². The van der Waals surface area contributed by atoms with Crippen molar-refractivity contribution in [1.29, 1.82) is 0 Å². The fraction of sp³-hybridized carbons (Fsp3) is 0.304. The van der Waals surface area contributed by atoms with Crippen LogP contribution in [0.25, 0.3) is 27.5 Å². The van der Waals surface area contributed by atoms with E-state index in [2.05, 4.69) is 10.2 Å². The maximum Gasteiger partial charge on any atom is 0.338 e. The molecule has 0 aliphatic carbocycles. The molecule has 6 nitrogen and oxygen atoms in total. The summed E-state index contributed by atoms with van der Waals surface area (Å²) in [5.74, 6) is -3.57. The Balaban J connectivity index is 1.85. The molecule has 0 amide bonds. The topological polar surface area (TPSA) is 80.1 Å². The van der Waals surface area contributed by atoms with E-state index in [0.717, 1.165) is 17.5 Å². The molecule has 4 aromatic rings. The quantitative estimate of drug-likeness (QED) is 0.471. The molecule has 32 heavy (non-hydrogen) atoms. The number of hydrogen-bond donors (Lipinski definition) is 2. The second kappa shape index (κ2) is 7.98. The molecule has 1 aliphatic heterocycles. The summed E-state index contributed by atoms with van der Waals surface area (Å²) in [4.78, 5) is 11.3. The van der Waals surface area contributed by atoms with Crippen LogP contribution < -0.4 is 0 Å². The first kappa shape index (κ1) is 20.6. The van der Waals surface area contributed by atoms with E-state index in [1.165, 1.54) is 6.07 Å². The minimum atomic E-state index is -2.10. The Morgan fingerprint density at radius 3 is 2.72 bits per heavy atom. The summed E-state index contributed by atoms with van der Waals surface area (Å²) in [6.45, 7) is 1.01. The number of nitrogens with zero attached hydrogens (tertiary/aromatic N) is 2. The summed E-state index contributed by atoms with van der Waals surface area (Å²) in [6.07, 6.45) is 0.498. The Morgan fingerprint density at radius 1 is 1.22 bits per heavy atom. The molecule has 0 spiro atoms. The van der Waals surface area contributed by atoms with Crippen molar-refractivity contribution in [3.05, 3.63) is 59.4 Å². The maximum atomic E-state index is 14.5. The number of hydrogen-bond acceptors (Lipinski definition) is 3. The van der Waals surface area contributed by atoms with Gasteiger partial charge in [-0.1, -0.05) is 0 Å². The zero-order valence-electron chi connectivity index (χ0n) is 16.9. The number of aliphatic carboxylic acids is 1. The minimum Gasteiger partial charge on any atom is -0.479 e. The molecule has 5 rings (SSSR count). The molecule has 1 fully saturated rings. The number of carboxylic acids is 1. The fourth-order valence-electron chi connectivity index (χ4n) is 4.59. The number of halogens is 3. The molecule has 1 aliphatic rings. The molecule has 0 radical (unpaired) electrons. The second-order valence-electron chi connectivity index (χ2n) is 8.02. The number of benzene rings is 2. The highest BCUT2D eigenvalue weighted by Crippen LogP contribution is 2.40. The zero-order valence-corrected chi connectivity index (χ0v) is 16.9. The number of carbonyl (C=O) groups is 1. The Kier molecular flexibility index (Phi) is 5.13. The van der Waals surface area contributed by atoms with Crippen LogP contribution in [0.15, 0.2) is 36.5 Å². The van der Waals surface area contributed by atoms with Gasteiger partial charge in [-0.25, -0.2) is 18.0 Å². The number of aromatic amines is 1. The van der Waals surface area contributed by atoms with Gasteiger partial charge in [0.05, 0.1) is 17.2 Å². The Labute approximate surface area is 180 Å². The molecular weight excluding hydrogens is 423 g/mol. The van der Waals surface area contributed by atoms with Crippen molar-refractivity contribution < 1.29 is 27.8 Å². The number of fused-ring (bicyclic) bond motifs is 2. The predicted octanol–water partition coefficient (Wildman–Crippen LogP) is 4.64. The van der Waals surface area contributed by atoms with Crippen LogP contribution in [0.1, 0.15) is 30.0 Å². The van der Waals surface area contributed by atoms with Crippen LogP contribution in [0.2, 0.25) is 0 Å². The SMILES string of the molecule is O=C(O)[C@H](F)Cc1c(C2CCOCC2)n(-c2ccc(F)c(F)c2)c2cc3cn[nH]c3cc12. The van der Waals surface area contributed by atoms with Crippen LogP contribution in [0, 0.1) is 11.6 Å². The van der Waals surface area contributed by atoms with Gasteiger partial charge in [0.2, 0.25) is 6.17 Å². The van der Waals surface area contributed by atoms with E-state index >= 15 is 0 Å². The van der Waals surface area contributed by atoms with Gasteiger partial charge >= 0.3 is 5.97 Å². The summed E-state index contributed by atoms with van der Waals surface area (Å²) in [5, 5.41) is 17.6. The third kappa shape index (κ3) is 3.42. The first-order valence-electron chi connectivity index (χ1n) is 10.3. The van der Waals surface area contributed by atoms with Crippen molar-refractivity contribution in [3.63, 3.8) is 0 Å². The first-order chi connectivity index (χ1) is 15.4. The minimum absolute atomic E-state index is 0.0586. The molecule has 2 N–H and O–H groups in total. The number of carboxylic acid groups (broad SMARTS) is 1. The van der Waals surface area contributed by atoms with Gasteiger partial charge in [-0.2, -0.15) is 5.10 Å².